The first kappa shape index (κ1) is 23.1. The summed E-state index contributed by atoms with van der Waals surface area (Å²) in [6, 6.07) is 6.93. The molecule has 3 aliphatic rings. The summed E-state index contributed by atoms with van der Waals surface area (Å²) in [7, 11) is -1.16. The van der Waals surface area contributed by atoms with Gasteiger partial charge in [0.05, 0.1) is 11.3 Å². The molecule has 0 radical (unpaired) electrons. The van der Waals surface area contributed by atoms with Gasteiger partial charge in [0.15, 0.2) is 0 Å². The van der Waals surface area contributed by atoms with E-state index in [2.05, 4.69) is 20.2 Å². The lowest BCUT2D eigenvalue weighted by Crippen LogP contribution is -2.39. The number of hydrogen-bond donors (Lipinski definition) is 1. The topological polar surface area (TPSA) is 78.4 Å². The molecule has 1 aromatic carbocycles. The van der Waals surface area contributed by atoms with E-state index in [0.717, 1.165) is 31.6 Å². The predicted octanol–water partition coefficient (Wildman–Crippen LogP) is 4.08. The maximum absolute atomic E-state index is 13.5. The van der Waals surface area contributed by atoms with E-state index in [4.69, 9.17) is 0 Å². The molecule has 3 heterocycles. The molecule has 2 saturated heterocycles. The van der Waals surface area contributed by atoms with Crippen LogP contribution in [0.1, 0.15) is 48.9 Å². The lowest BCUT2D eigenvalue weighted by atomic mass is 9.93. The molecule has 1 aromatic heterocycles. The van der Waals surface area contributed by atoms with Crippen LogP contribution in [-0.2, 0) is 10.8 Å². The Labute approximate surface area is 200 Å². The number of hydrogen-bond acceptors (Lipinski definition) is 6. The first-order chi connectivity index (χ1) is 16.2. The summed E-state index contributed by atoms with van der Waals surface area (Å²) in [5.74, 6) is -2.34. The minimum atomic E-state index is -2.64. The maximum Gasteiger partial charge on any atom is 0.260 e. The van der Waals surface area contributed by atoms with Crippen molar-refractivity contribution in [1.82, 2.24) is 9.97 Å². The highest BCUT2D eigenvalue weighted by molar-refractivity contribution is 7.84. The van der Waals surface area contributed by atoms with Crippen molar-refractivity contribution in [3.63, 3.8) is 0 Å². The number of nitrogens with zero attached hydrogens (tertiary/aromatic N) is 4. The number of rotatable bonds is 5. The van der Waals surface area contributed by atoms with Crippen molar-refractivity contribution in [1.29, 1.82) is 0 Å². The normalized spacial score (nSPS) is 21.9. The van der Waals surface area contributed by atoms with Crippen molar-refractivity contribution in [2.24, 2.45) is 5.41 Å². The van der Waals surface area contributed by atoms with Gasteiger partial charge in [0.25, 0.3) is 11.8 Å². The number of piperidine rings is 2. The van der Waals surface area contributed by atoms with Gasteiger partial charge >= 0.3 is 0 Å². The zero-order valence-electron chi connectivity index (χ0n) is 19.2. The van der Waals surface area contributed by atoms with Gasteiger partial charge in [-0.3, -0.25) is 14.3 Å². The van der Waals surface area contributed by atoms with E-state index in [-0.39, 0.29) is 37.8 Å². The summed E-state index contributed by atoms with van der Waals surface area (Å²) < 4.78 is 39.1. The van der Waals surface area contributed by atoms with Crippen LogP contribution in [0.2, 0.25) is 0 Å². The summed E-state index contributed by atoms with van der Waals surface area (Å²) in [5, 5.41) is 2.77. The van der Waals surface area contributed by atoms with Gasteiger partial charge < -0.3 is 9.80 Å². The molecule has 2 aromatic rings. The Morgan fingerprint density at radius 1 is 1.00 bits per heavy atom. The highest BCUT2D eigenvalue weighted by Crippen LogP contribution is 2.54. The Morgan fingerprint density at radius 3 is 2.32 bits per heavy atom. The van der Waals surface area contributed by atoms with Crippen LogP contribution in [0, 0.1) is 5.41 Å². The van der Waals surface area contributed by atoms with Gasteiger partial charge in [-0.15, -0.1) is 0 Å². The van der Waals surface area contributed by atoms with Gasteiger partial charge in [-0.05, 0) is 55.4 Å². The fourth-order valence-electron chi connectivity index (χ4n) is 4.86. The monoisotopic (exact) mass is 489 g/mol. The van der Waals surface area contributed by atoms with E-state index in [1.807, 2.05) is 6.07 Å². The smallest absolute Gasteiger partial charge is 0.260 e. The van der Waals surface area contributed by atoms with Crippen molar-refractivity contribution in [3.05, 3.63) is 36.0 Å². The summed E-state index contributed by atoms with van der Waals surface area (Å²) in [5.41, 5.74) is 1.75. The second kappa shape index (κ2) is 8.87. The zero-order chi connectivity index (χ0) is 23.9. The Balaban J connectivity index is 1.35. The summed E-state index contributed by atoms with van der Waals surface area (Å²) >= 11 is 0. The first-order valence-electron chi connectivity index (χ1n) is 11.7. The van der Waals surface area contributed by atoms with Crippen LogP contribution in [0.25, 0.3) is 0 Å². The molecule has 1 unspecified atom stereocenters. The molecule has 0 bridgehead atoms. The van der Waals surface area contributed by atoms with Crippen LogP contribution < -0.4 is 15.1 Å². The van der Waals surface area contributed by atoms with E-state index in [1.165, 1.54) is 19.0 Å². The highest BCUT2D eigenvalue weighted by Gasteiger charge is 2.44. The molecule has 3 fully saturated rings. The molecule has 1 atom stereocenters. The molecule has 1 aliphatic carbocycles. The van der Waals surface area contributed by atoms with E-state index in [9.17, 15) is 17.8 Å². The molecular weight excluding hydrogens is 460 g/mol. The minimum Gasteiger partial charge on any atom is -0.371 e. The Hall–Kier alpha value is -2.62. The summed E-state index contributed by atoms with van der Waals surface area (Å²) in [6.45, 7) is 2.14. The number of nitrogens with one attached hydrogen (secondary N) is 1. The molecule has 1 amide bonds. The Morgan fingerprint density at radius 2 is 1.68 bits per heavy atom. The van der Waals surface area contributed by atoms with E-state index in [1.54, 1.807) is 29.4 Å². The van der Waals surface area contributed by atoms with Gasteiger partial charge in [-0.2, -0.15) is 4.98 Å². The zero-order valence-corrected chi connectivity index (χ0v) is 20.0. The molecule has 1 N–H and O–H groups in total. The molecular formula is C24H29F2N5O2S. The molecule has 2 aliphatic heterocycles. The van der Waals surface area contributed by atoms with E-state index < -0.39 is 16.7 Å². The standard InChI is InChI=1S/C24H29F2N5O2S/c1-34(33)17-2-3-18(19(16-17)30-12-7-23(5-6-23)8-13-30)21(32)29-22-27-11-4-20(28-22)31-14-9-24(25,26)10-15-31/h2-4,11,16H,5-10,12-15H2,1H3,(H,27,28,29,32). The quantitative estimate of drug-likeness (QED) is 0.682. The number of halogens is 2. The number of carbonyl (C=O) groups is 1. The number of anilines is 3. The van der Waals surface area contributed by atoms with E-state index >= 15 is 0 Å². The molecule has 182 valence electrons. The third kappa shape index (κ3) is 4.92. The van der Waals surface area contributed by atoms with Crippen LogP contribution in [0.5, 0.6) is 0 Å². The molecule has 5 rings (SSSR count). The van der Waals surface area contributed by atoms with Gasteiger partial charge in [-0.1, -0.05) is 0 Å². The van der Waals surface area contributed by atoms with Crippen LogP contribution in [0.4, 0.5) is 26.2 Å². The second-order valence-corrected chi connectivity index (χ2v) is 11.0. The van der Waals surface area contributed by atoms with Crippen molar-refractivity contribution in [2.45, 2.75) is 49.3 Å². The third-order valence-electron chi connectivity index (χ3n) is 7.35. The number of carbonyl (C=O) groups excluding carboxylic acids is 1. The van der Waals surface area contributed by atoms with Crippen molar-refractivity contribution >= 4 is 34.2 Å². The third-order valence-corrected chi connectivity index (χ3v) is 8.27. The summed E-state index contributed by atoms with van der Waals surface area (Å²) in [6.07, 6.45) is 7.50. The number of benzene rings is 1. The number of alkyl halides is 2. The van der Waals surface area contributed by atoms with Crippen molar-refractivity contribution < 1.29 is 17.8 Å². The largest absolute Gasteiger partial charge is 0.371 e. The fraction of sp³-hybridized carbons (Fsp3) is 0.542. The highest BCUT2D eigenvalue weighted by atomic mass is 32.2. The number of aromatic nitrogens is 2. The van der Waals surface area contributed by atoms with Crippen molar-refractivity contribution in [2.75, 3.05) is 47.6 Å². The average Bonchev–Trinajstić information content (AvgIpc) is 3.58. The Bertz CT molecular complexity index is 1100. The fourth-order valence-corrected chi connectivity index (χ4v) is 5.40. The molecule has 1 saturated carbocycles. The molecule has 1 spiro atoms. The second-order valence-electron chi connectivity index (χ2n) is 9.66. The Kier molecular flexibility index (Phi) is 6.03. The van der Waals surface area contributed by atoms with Crippen LogP contribution in [0.15, 0.2) is 35.4 Å². The lowest BCUT2D eigenvalue weighted by Gasteiger charge is -2.35. The minimum absolute atomic E-state index is 0.129. The number of amides is 1. The molecule has 7 nitrogen and oxygen atoms in total. The summed E-state index contributed by atoms with van der Waals surface area (Å²) in [4.78, 5) is 26.5. The van der Waals surface area contributed by atoms with Crippen LogP contribution in [0.3, 0.4) is 0 Å². The maximum atomic E-state index is 13.5. The van der Waals surface area contributed by atoms with Gasteiger partial charge in [-0.25, -0.2) is 13.8 Å². The van der Waals surface area contributed by atoms with Gasteiger partial charge in [0, 0.05) is 67.2 Å². The van der Waals surface area contributed by atoms with Crippen LogP contribution in [-0.4, -0.2) is 58.4 Å². The molecule has 10 heteroatoms. The van der Waals surface area contributed by atoms with E-state index in [0.29, 0.717) is 21.7 Å². The van der Waals surface area contributed by atoms with Crippen molar-refractivity contribution in [3.8, 4) is 0 Å². The SMILES string of the molecule is CS(=O)c1ccc(C(=O)Nc2nccc(N3CCC(F)(F)CC3)n2)c(N2CCC3(CC2)CC3)c1. The van der Waals surface area contributed by atoms with Crippen LogP contribution >= 0.6 is 0 Å². The van der Waals surface area contributed by atoms with Gasteiger partial charge in [0.1, 0.15) is 5.82 Å². The lowest BCUT2D eigenvalue weighted by molar-refractivity contribution is -0.0221. The van der Waals surface area contributed by atoms with Gasteiger partial charge in [0.2, 0.25) is 5.95 Å². The average molecular weight is 490 g/mol. The molecule has 34 heavy (non-hydrogen) atoms. The predicted molar refractivity (Wildman–Crippen MR) is 128 cm³/mol. The first-order valence-corrected chi connectivity index (χ1v) is 13.3.